The lowest BCUT2D eigenvalue weighted by molar-refractivity contribution is -0.121. The number of hydrogen-bond acceptors (Lipinski definition) is 3. The largest absolute Gasteiger partial charge is 0.372 e. The van der Waals surface area contributed by atoms with E-state index in [4.69, 9.17) is 46.4 Å². The van der Waals surface area contributed by atoms with Crippen molar-refractivity contribution in [2.24, 2.45) is 0 Å². The van der Waals surface area contributed by atoms with Crippen LogP contribution in [0.3, 0.4) is 0 Å². The standard InChI is InChI=1S/C16H10Cl4N2O2/c17-8-4-5-11(10(19)6-8)21-12-7-14(23)22(16(12)24)13-3-1-2-9(18)15(13)20/h1-6,12,21H,7H2. The van der Waals surface area contributed by atoms with Crippen LogP contribution in [0.1, 0.15) is 6.42 Å². The third-order valence-corrected chi connectivity index (χ3v) is 4.94. The van der Waals surface area contributed by atoms with Crippen LogP contribution < -0.4 is 10.2 Å². The van der Waals surface area contributed by atoms with Gasteiger partial charge in [-0.15, -0.1) is 0 Å². The molecular formula is C16H10Cl4N2O2. The van der Waals surface area contributed by atoms with Crippen molar-refractivity contribution in [2.45, 2.75) is 12.5 Å². The van der Waals surface area contributed by atoms with Gasteiger partial charge < -0.3 is 5.32 Å². The fraction of sp³-hybridized carbons (Fsp3) is 0.125. The second kappa shape index (κ2) is 6.81. The minimum atomic E-state index is -0.744. The molecule has 0 aromatic heterocycles. The fourth-order valence-corrected chi connectivity index (χ4v) is 3.30. The number of halogens is 4. The number of amides is 2. The molecule has 1 aliphatic rings. The van der Waals surface area contributed by atoms with Crippen molar-refractivity contribution in [2.75, 3.05) is 10.2 Å². The van der Waals surface area contributed by atoms with Crippen molar-refractivity contribution >= 4 is 69.6 Å². The molecule has 24 heavy (non-hydrogen) atoms. The van der Waals surface area contributed by atoms with E-state index >= 15 is 0 Å². The molecule has 1 N–H and O–H groups in total. The summed E-state index contributed by atoms with van der Waals surface area (Å²) in [6, 6.07) is 8.88. The maximum Gasteiger partial charge on any atom is 0.256 e. The molecule has 1 atom stereocenters. The van der Waals surface area contributed by atoms with Gasteiger partial charge in [0.1, 0.15) is 6.04 Å². The Labute approximate surface area is 158 Å². The molecule has 0 aliphatic carbocycles. The number of anilines is 2. The molecule has 1 unspecified atom stereocenters. The molecule has 0 radical (unpaired) electrons. The van der Waals surface area contributed by atoms with Gasteiger partial charge in [-0.05, 0) is 30.3 Å². The number of nitrogens with one attached hydrogen (secondary N) is 1. The first-order valence-corrected chi connectivity index (χ1v) is 8.42. The number of carbonyl (C=O) groups excluding carboxylic acids is 2. The second-order valence-corrected chi connectivity index (χ2v) is 6.79. The number of hydrogen-bond donors (Lipinski definition) is 1. The van der Waals surface area contributed by atoms with Gasteiger partial charge in [0.2, 0.25) is 5.91 Å². The van der Waals surface area contributed by atoms with Crippen molar-refractivity contribution in [1.82, 2.24) is 0 Å². The van der Waals surface area contributed by atoms with Crippen LogP contribution in [0.15, 0.2) is 36.4 Å². The zero-order chi connectivity index (χ0) is 17.4. The SMILES string of the molecule is O=C1CC(Nc2ccc(Cl)cc2Cl)C(=O)N1c1cccc(Cl)c1Cl. The average Bonchev–Trinajstić information content (AvgIpc) is 2.80. The minimum Gasteiger partial charge on any atom is -0.372 e. The van der Waals surface area contributed by atoms with Gasteiger partial charge in [0.25, 0.3) is 5.91 Å². The van der Waals surface area contributed by atoms with Gasteiger partial charge >= 0.3 is 0 Å². The van der Waals surface area contributed by atoms with Gasteiger partial charge in [-0.1, -0.05) is 52.5 Å². The van der Waals surface area contributed by atoms with E-state index in [2.05, 4.69) is 5.32 Å². The van der Waals surface area contributed by atoms with Crippen LogP contribution in [0.4, 0.5) is 11.4 Å². The number of rotatable bonds is 3. The summed E-state index contributed by atoms with van der Waals surface area (Å²) in [6.45, 7) is 0. The van der Waals surface area contributed by atoms with Crippen LogP contribution in [0.25, 0.3) is 0 Å². The highest BCUT2D eigenvalue weighted by Crippen LogP contribution is 2.36. The zero-order valence-corrected chi connectivity index (χ0v) is 15.0. The van der Waals surface area contributed by atoms with E-state index in [0.29, 0.717) is 15.7 Å². The molecule has 0 bridgehead atoms. The van der Waals surface area contributed by atoms with Crippen LogP contribution >= 0.6 is 46.4 Å². The van der Waals surface area contributed by atoms with Gasteiger partial charge in [0, 0.05) is 5.02 Å². The zero-order valence-electron chi connectivity index (χ0n) is 12.0. The van der Waals surface area contributed by atoms with Crippen LogP contribution in [-0.4, -0.2) is 17.9 Å². The van der Waals surface area contributed by atoms with Crippen LogP contribution in [0.5, 0.6) is 0 Å². The van der Waals surface area contributed by atoms with E-state index in [1.807, 2.05) is 0 Å². The maximum absolute atomic E-state index is 12.6. The average molecular weight is 404 g/mol. The molecule has 0 saturated carbocycles. The van der Waals surface area contributed by atoms with Gasteiger partial charge in [-0.2, -0.15) is 0 Å². The Morgan fingerprint density at radius 3 is 2.46 bits per heavy atom. The fourth-order valence-electron chi connectivity index (χ4n) is 2.46. The minimum absolute atomic E-state index is 0.0133. The molecule has 1 aliphatic heterocycles. The smallest absolute Gasteiger partial charge is 0.256 e. The number of nitrogens with zero attached hydrogens (tertiary/aromatic N) is 1. The van der Waals surface area contributed by atoms with Crippen molar-refractivity contribution in [3.8, 4) is 0 Å². The molecule has 4 nitrogen and oxygen atoms in total. The summed E-state index contributed by atoms with van der Waals surface area (Å²) < 4.78 is 0. The van der Waals surface area contributed by atoms with E-state index < -0.39 is 11.9 Å². The molecular weight excluding hydrogens is 394 g/mol. The van der Waals surface area contributed by atoms with Crippen LogP contribution in [0, 0.1) is 0 Å². The predicted octanol–water partition coefficient (Wildman–Crippen LogP) is 5.04. The topological polar surface area (TPSA) is 49.4 Å². The first-order chi connectivity index (χ1) is 11.4. The maximum atomic E-state index is 12.6. The monoisotopic (exact) mass is 402 g/mol. The first kappa shape index (κ1) is 17.4. The Kier molecular flexibility index (Phi) is 4.92. The van der Waals surface area contributed by atoms with Gasteiger partial charge in [-0.25, -0.2) is 4.90 Å². The Morgan fingerprint density at radius 2 is 1.75 bits per heavy atom. The Hall–Kier alpha value is -1.46. The Balaban J connectivity index is 1.88. The van der Waals surface area contributed by atoms with Crippen molar-refractivity contribution in [3.63, 3.8) is 0 Å². The number of carbonyl (C=O) groups is 2. The molecule has 8 heteroatoms. The highest BCUT2D eigenvalue weighted by atomic mass is 35.5. The molecule has 1 saturated heterocycles. The molecule has 3 rings (SSSR count). The highest BCUT2D eigenvalue weighted by molar-refractivity contribution is 6.45. The Morgan fingerprint density at radius 1 is 1.00 bits per heavy atom. The van der Waals surface area contributed by atoms with E-state index in [9.17, 15) is 9.59 Å². The van der Waals surface area contributed by atoms with Crippen molar-refractivity contribution < 1.29 is 9.59 Å². The third-order valence-electron chi connectivity index (χ3n) is 3.58. The summed E-state index contributed by atoms with van der Waals surface area (Å²) in [5.41, 5.74) is 0.789. The first-order valence-electron chi connectivity index (χ1n) is 6.91. The lowest BCUT2D eigenvalue weighted by atomic mass is 10.2. The summed E-state index contributed by atoms with van der Waals surface area (Å²) >= 11 is 24.0. The summed E-state index contributed by atoms with van der Waals surface area (Å²) in [6.07, 6.45) is -0.0133. The third kappa shape index (κ3) is 3.20. The molecule has 2 aromatic carbocycles. The van der Waals surface area contributed by atoms with E-state index in [1.54, 1.807) is 36.4 Å². The molecule has 1 fully saturated rings. The van der Waals surface area contributed by atoms with Crippen molar-refractivity contribution in [1.29, 1.82) is 0 Å². The van der Waals surface area contributed by atoms with Crippen LogP contribution in [0.2, 0.25) is 20.1 Å². The predicted molar refractivity (Wildman–Crippen MR) is 97.4 cm³/mol. The molecule has 124 valence electrons. The van der Waals surface area contributed by atoms with E-state index in [0.717, 1.165) is 4.90 Å². The molecule has 1 heterocycles. The van der Waals surface area contributed by atoms with E-state index in [1.165, 1.54) is 0 Å². The van der Waals surface area contributed by atoms with Gasteiger partial charge in [0.15, 0.2) is 0 Å². The Bertz CT molecular complexity index is 841. The summed E-state index contributed by atoms with van der Waals surface area (Å²) in [5, 5.41) is 4.24. The lowest BCUT2D eigenvalue weighted by Crippen LogP contribution is -2.35. The summed E-state index contributed by atoms with van der Waals surface area (Å²) in [4.78, 5) is 26.0. The quantitative estimate of drug-likeness (QED) is 0.730. The summed E-state index contributed by atoms with van der Waals surface area (Å²) in [5.74, 6) is -0.790. The van der Waals surface area contributed by atoms with Crippen molar-refractivity contribution in [3.05, 3.63) is 56.5 Å². The molecule has 2 amide bonds. The molecule has 0 spiro atoms. The van der Waals surface area contributed by atoms with E-state index in [-0.39, 0.29) is 28.1 Å². The number of benzene rings is 2. The summed E-state index contributed by atoms with van der Waals surface area (Å²) in [7, 11) is 0. The van der Waals surface area contributed by atoms with Gasteiger partial charge in [-0.3, -0.25) is 9.59 Å². The molecule has 2 aromatic rings. The second-order valence-electron chi connectivity index (χ2n) is 5.17. The van der Waals surface area contributed by atoms with Crippen LogP contribution in [-0.2, 0) is 9.59 Å². The van der Waals surface area contributed by atoms with Gasteiger partial charge in [0.05, 0.1) is 32.9 Å². The number of imide groups is 1. The lowest BCUT2D eigenvalue weighted by Gasteiger charge is -2.18. The normalized spacial score (nSPS) is 17.5. The highest BCUT2D eigenvalue weighted by Gasteiger charge is 2.40.